The summed E-state index contributed by atoms with van der Waals surface area (Å²) >= 11 is 1.47. The summed E-state index contributed by atoms with van der Waals surface area (Å²) in [6.45, 7) is 1.07. The Kier molecular flexibility index (Phi) is 7.27. The molecule has 1 fully saturated rings. The van der Waals surface area contributed by atoms with E-state index in [0.29, 0.717) is 36.5 Å². The predicted molar refractivity (Wildman–Crippen MR) is 132 cm³/mol. The van der Waals surface area contributed by atoms with Crippen molar-refractivity contribution >= 4 is 58.7 Å². The zero-order valence-corrected chi connectivity index (χ0v) is 20.3. The molecule has 0 unspecified atom stereocenters. The summed E-state index contributed by atoms with van der Waals surface area (Å²) in [6.07, 6.45) is 4.83. The van der Waals surface area contributed by atoms with Gasteiger partial charge in [-0.3, -0.25) is 4.79 Å². The van der Waals surface area contributed by atoms with E-state index in [1.54, 1.807) is 17.0 Å². The molecule has 180 valence electrons. The molecule has 1 aliphatic rings. The van der Waals surface area contributed by atoms with E-state index >= 15 is 0 Å². The third kappa shape index (κ3) is 5.73. The number of nitrogens with one attached hydrogen (secondary N) is 2. The molecule has 1 amide bonds. The van der Waals surface area contributed by atoms with Gasteiger partial charge in [-0.15, -0.1) is 11.8 Å². The molecular formula is C22H21BFN5O4S2. The molecule has 2 N–H and O–H groups in total. The quantitative estimate of drug-likeness (QED) is 0.280. The van der Waals surface area contributed by atoms with E-state index in [0.717, 1.165) is 18.5 Å². The molecule has 0 bridgehead atoms. The summed E-state index contributed by atoms with van der Waals surface area (Å²) in [5.74, 6) is -0.524. The molecular weight excluding hydrogens is 492 g/mol. The molecule has 0 saturated carbocycles. The normalized spacial score (nSPS) is 14.6. The first-order valence-corrected chi connectivity index (χ1v) is 13.4. The number of carbonyl (C=O) groups is 1. The van der Waals surface area contributed by atoms with Crippen molar-refractivity contribution in [3.63, 3.8) is 0 Å². The third-order valence-electron chi connectivity index (χ3n) is 5.46. The van der Waals surface area contributed by atoms with Crippen molar-refractivity contribution in [3.05, 3.63) is 53.8 Å². The van der Waals surface area contributed by atoms with Gasteiger partial charge < -0.3 is 20.0 Å². The topological polar surface area (TPSA) is 129 Å². The van der Waals surface area contributed by atoms with Crippen molar-refractivity contribution in [2.45, 2.75) is 28.0 Å². The molecule has 2 aromatic heterocycles. The average Bonchev–Trinajstić information content (AvgIpc) is 3.26. The standard InChI is InChI=1S/C22H21BFN5O4S2/c1-35(31,32)14-2-3-17(16(24)10-14)28-20-15(11-25)21(27-12-26-20)34-13-6-8-29(9-7-13)22(30)18-4-5-19(23)33-18/h2-5,10-13,25H,6-9H2,1H3,(H,26,27,28). The van der Waals surface area contributed by atoms with E-state index in [4.69, 9.17) is 17.7 Å². The lowest BCUT2D eigenvalue weighted by Crippen LogP contribution is -2.39. The molecule has 3 heterocycles. The first kappa shape index (κ1) is 24.9. The van der Waals surface area contributed by atoms with Gasteiger partial charge in [0.25, 0.3) is 5.91 Å². The highest BCUT2D eigenvalue weighted by molar-refractivity contribution is 8.00. The van der Waals surface area contributed by atoms with Gasteiger partial charge in [0.15, 0.2) is 23.4 Å². The van der Waals surface area contributed by atoms with E-state index in [1.807, 2.05) is 0 Å². The first-order valence-electron chi connectivity index (χ1n) is 10.6. The van der Waals surface area contributed by atoms with Gasteiger partial charge in [-0.2, -0.15) is 0 Å². The highest BCUT2D eigenvalue weighted by Crippen LogP contribution is 2.34. The van der Waals surface area contributed by atoms with Crippen molar-refractivity contribution in [2.75, 3.05) is 24.7 Å². The number of likely N-dealkylation sites (tertiary alicyclic amines) is 1. The number of thioether (sulfide) groups is 1. The molecule has 4 rings (SSSR count). The molecule has 1 aromatic carbocycles. The van der Waals surface area contributed by atoms with Crippen LogP contribution in [0.25, 0.3) is 0 Å². The molecule has 1 aliphatic heterocycles. The number of amides is 1. The van der Waals surface area contributed by atoms with Gasteiger partial charge in [0, 0.05) is 36.5 Å². The van der Waals surface area contributed by atoms with Crippen molar-refractivity contribution in [1.29, 1.82) is 5.41 Å². The second-order valence-corrected chi connectivity index (χ2v) is 11.2. The average molecular weight is 513 g/mol. The number of hydrogen-bond acceptors (Lipinski definition) is 9. The second kappa shape index (κ2) is 10.2. The molecule has 3 aromatic rings. The van der Waals surface area contributed by atoms with Crippen LogP contribution in [0.3, 0.4) is 0 Å². The Morgan fingerprint density at radius 1 is 1.29 bits per heavy atom. The Labute approximate surface area is 207 Å². The van der Waals surface area contributed by atoms with Crippen LogP contribution in [0.2, 0.25) is 0 Å². The fourth-order valence-electron chi connectivity index (χ4n) is 3.62. The first-order chi connectivity index (χ1) is 16.7. The fourth-order valence-corrected chi connectivity index (χ4v) is 5.40. The maximum absolute atomic E-state index is 14.5. The van der Waals surface area contributed by atoms with Gasteiger partial charge in [-0.05, 0) is 43.2 Å². The Morgan fingerprint density at radius 2 is 2.03 bits per heavy atom. The van der Waals surface area contributed by atoms with E-state index in [2.05, 4.69) is 15.3 Å². The maximum Gasteiger partial charge on any atom is 0.289 e. The van der Waals surface area contributed by atoms with Gasteiger partial charge in [0.05, 0.1) is 16.1 Å². The molecule has 0 aliphatic carbocycles. The number of benzene rings is 1. The Morgan fingerprint density at radius 3 is 2.63 bits per heavy atom. The van der Waals surface area contributed by atoms with Gasteiger partial charge in [0.1, 0.15) is 23.0 Å². The van der Waals surface area contributed by atoms with Crippen LogP contribution in [0.1, 0.15) is 29.0 Å². The molecule has 0 atom stereocenters. The van der Waals surface area contributed by atoms with Crippen LogP contribution in [0.4, 0.5) is 15.9 Å². The zero-order chi connectivity index (χ0) is 25.2. The number of hydrogen-bond donors (Lipinski definition) is 2. The number of anilines is 2. The van der Waals surface area contributed by atoms with E-state index in [9.17, 15) is 17.6 Å². The lowest BCUT2D eigenvalue weighted by molar-refractivity contribution is 0.0697. The molecule has 35 heavy (non-hydrogen) atoms. The molecule has 2 radical (unpaired) electrons. The number of carbonyl (C=O) groups excluding carboxylic acids is 1. The Balaban J connectivity index is 1.45. The van der Waals surface area contributed by atoms with Gasteiger partial charge in [-0.25, -0.2) is 22.8 Å². The minimum absolute atomic E-state index is 0.0283. The van der Waals surface area contributed by atoms with Crippen molar-refractivity contribution in [3.8, 4) is 0 Å². The SMILES string of the molecule is [B]c1ccc(C(=O)N2CCC(Sc3ncnc(Nc4ccc(S(C)(=O)=O)cc4F)c3C=N)CC2)o1. The van der Waals surface area contributed by atoms with Gasteiger partial charge >= 0.3 is 0 Å². The van der Waals surface area contributed by atoms with Crippen molar-refractivity contribution < 1.29 is 22.0 Å². The Bertz CT molecular complexity index is 1370. The summed E-state index contributed by atoms with van der Waals surface area (Å²) in [6, 6.07) is 6.65. The van der Waals surface area contributed by atoms with Crippen LogP contribution in [-0.4, -0.2) is 67.8 Å². The molecule has 13 heteroatoms. The van der Waals surface area contributed by atoms with Crippen LogP contribution in [0, 0.1) is 11.2 Å². The second-order valence-electron chi connectivity index (χ2n) is 7.94. The largest absolute Gasteiger partial charge is 0.468 e. The summed E-state index contributed by atoms with van der Waals surface area (Å²) in [5, 5.41) is 11.4. The van der Waals surface area contributed by atoms with Crippen LogP contribution >= 0.6 is 11.8 Å². The highest BCUT2D eigenvalue weighted by atomic mass is 32.2. The summed E-state index contributed by atoms with van der Waals surface area (Å²) in [7, 11) is 2.01. The lowest BCUT2D eigenvalue weighted by atomic mass is 10.1. The third-order valence-corrected chi connectivity index (χ3v) is 7.92. The van der Waals surface area contributed by atoms with Gasteiger partial charge in [-0.1, -0.05) is 0 Å². The number of aromatic nitrogens is 2. The minimum atomic E-state index is -3.54. The molecule has 1 saturated heterocycles. The van der Waals surface area contributed by atoms with Crippen molar-refractivity contribution in [2.24, 2.45) is 0 Å². The molecule has 9 nitrogen and oxygen atoms in total. The zero-order valence-electron chi connectivity index (χ0n) is 18.7. The molecule has 0 spiro atoms. The van der Waals surface area contributed by atoms with Crippen LogP contribution < -0.4 is 11.0 Å². The number of halogens is 1. The smallest absolute Gasteiger partial charge is 0.289 e. The van der Waals surface area contributed by atoms with Gasteiger partial charge in [0.2, 0.25) is 0 Å². The van der Waals surface area contributed by atoms with E-state index < -0.39 is 15.7 Å². The number of rotatable bonds is 7. The highest BCUT2D eigenvalue weighted by Gasteiger charge is 2.27. The maximum atomic E-state index is 14.5. The Hall–Kier alpha value is -3.19. The van der Waals surface area contributed by atoms with E-state index in [-0.39, 0.29) is 39.0 Å². The van der Waals surface area contributed by atoms with E-state index in [1.165, 1.54) is 30.2 Å². The van der Waals surface area contributed by atoms with Crippen LogP contribution in [0.5, 0.6) is 0 Å². The van der Waals surface area contributed by atoms with Crippen LogP contribution in [-0.2, 0) is 9.84 Å². The summed E-state index contributed by atoms with van der Waals surface area (Å²) in [5.41, 5.74) is 0.603. The van der Waals surface area contributed by atoms with Crippen LogP contribution in [0.15, 0.2) is 51.0 Å². The number of piperidine rings is 1. The number of nitrogens with zero attached hydrogens (tertiary/aromatic N) is 3. The summed E-state index contributed by atoms with van der Waals surface area (Å²) < 4.78 is 43.0. The number of furan rings is 1. The summed E-state index contributed by atoms with van der Waals surface area (Å²) in [4.78, 5) is 22.6. The predicted octanol–water partition coefficient (Wildman–Crippen LogP) is 2.54. The van der Waals surface area contributed by atoms with Crippen molar-refractivity contribution in [1.82, 2.24) is 14.9 Å². The number of sulfone groups is 1. The lowest BCUT2D eigenvalue weighted by Gasteiger charge is -2.31. The minimum Gasteiger partial charge on any atom is -0.468 e. The fraction of sp³-hybridized carbons (Fsp3) is 0.273. The monoisotopic (exact) mass is 513 g/mol.